The molecule has 0 heterocycles. The molecule has 0 amide bonds. The first-order chi connectivity index (χ1) is 7.93. The summed E-state index contributed by atoms with van der Waals surface area (Å²) in [5, 5.41) is 3.51. The summed E-state index contributed by atoms with van der Waals surface area (Å²) >= 11 is 0. The molecule has 0 aliphatic heterocycles. The van der Waals surface area contributed by atoms with E-state index in [0.29, 0.717) is 17.9 Å². The van der Waals surface area contributed by atoms with Gasteiger partial charge in [0.2, 0.25) is 0 Å². The maximum absolute atomic E-state index is 5.57. The number of rotatable bonds is 5. The highest BCUT2D eigenvalue weighted by Crippen LogP contribution is 2.24. The molecule has 0 fully saturated rings. The molecule has 0 aliphatic rings. The lowest BCUT2D eigenvalue weighted by Gasteiger charge is -2.27. The Labute approximate surface area is 106 Å². The zero-order valence-corrected chi connectivity index (χ0v) is 11.6. The highest BCUT2D eigenvalue weighted by molar-refractivity contribution is 5.22. The van der Waals surface area contributed by atoms with Crippen LogP contribution in [0, 0.1) is 11.3 Å². The second kappa shape index (κ2) is 6.18. The van der Waals surface area contributed by atoms with Gasteiger partial charge in [-0.15, -0.1) is 0 Å². The molecule has 0 saturated carbocycles. The van der Waals surface area contributed by atoms with Gasteiger partial charge in [0.05, 0.1) is 0 Å². The fourth-order valence-electron chi connectivity index (χ4n) is 1.53. The van der Waals surface area contributed by atoms with Crippen molar-refractivity contribution in [1.29, 1.82) is 0 Å². The lowest BCUT2D eigenvalue weighted by molar-refractivity contribution is 0.252. The minimum atomic E-state index is 0.371. The molecule has 1 unspecified atom stereocenters. The zero-order valence-electron chi connectivity index (χ0n) is 11.6. The zero-order chi connectivity index (χ0) is 12.9. The van der Waals surface area contributed by atoms with E-state index in [1.54, 1.807) is 0 Å². The van der Waals surface area contributed by atoms with Crippen LogP contribution in [0.5, 0.6) is 0 Å². The van der Waals surface area contributed by atoms with Crippen LogP contribution in [-0.2, 0) is 13.1 Å². The van der Waals surface area contributed by atoms with Gasteiger partial charge in [-0.3, -0.25) is 0 Å². The highest BCUT2D eigenvalue weighted by Gasteiger charge is 2.18. The molecule has 2 nitrogen and oxygen atoms in total. The molecule has 0 saturated heterocycles. The molecule has 3 N–H and O–H groups in total. The summed E-state index contributed by atoms with van der Waals surface area (Å²) < 4.78 is 0. The van der Waals surface area contributed by atoms with Gasteiger partial charge < -0.3 is 11.1 Å². The van der Waals surface area contributed by atoms with Crippen LogP contribution in [0.25, 0.3) is 0 Å². The monoisotopic (exact) mass is 234 g/mol. The summed E-state index contributed by atoms with van der Waals surface area (Å²) in [6.07, 6.45) is 0. The summed E-state index contributed by atoms with van der Waals surface area (Å²) in [5.74, 6) is 0.672. The van der Waals surface area contributed by atoms with Gasteiger partial charge in [-0.2, -0.15) is 0 Å². The number of nitrogens with two attached hydrogens (primary N) is 1. The molecule has 0 aliphatic carbocycles. The van der Waals surface area contributed by atoms with E-state index in [0.717, 1.165) is 13.1 Å². The molecular weight excluding hydrogens is 208 g/mol. The Morgan fingerprint density at radius 1 is 1.12 bits per heavy atom. The maximum Gasteiger partial charge on any atom is 0.0205 e. The van der Waals surface area contributed by atoms with E-state index in [9.17, 15) is 0 Å². The van der Waals surface area contributed by atoms with Crippen molar-refractivity contribution in [2.45, 2.75) is 40.8 Å². The standard InChI is InChI=1S/C15H26N2/c1-12(15(2,3)4)10-17-11-14-7-5-13(9-16)6-8-14/h5-8,12,17H,9-11,16H2,1-4H3. The van der Waals surface area contributed by atoms with Crippen molar-refractivity contribution in [2.75, 3.05) is 6.54 Å². The van der Waals surface area contributed by atoms with Crippen molar-refractivity contribution in [2.24, 2.45) is 17.1 Å². The minimum absolute atomic E-state index is 0.371. The number of benzene rings is 1. The normalized spacial score (nSPS) is 13.7. The van der Waals surface area contributed by atoms with Crippen LogP contribution < -0.4 is 11.1 Å². The first-order valence-corrected chi connectivity index (χ1v) is 6.42. The predicted molar refractivity (Wildman–Crippen MR) is 74.7 cm³/mol. The van der Waals surface area contributed by atoms with Crippen LogP contribution in [0.2, 0.25) is 0 Å². The SMILES string of the molecule is CC(CNCc1ccc(CN)cc1)C(C)(C)C. The lowest BCUT2D eigenvalue weighted by Crippen LogP contribution is -2.29. The van der Waals surface area contributed by atoms with Crippen molar-refractivity contribution in [1.82, 2.24) is 5.32 Å². The van der Waals surface area contributed by atoms with E-state index < -0.39 is 0 Å². The number of hydrogen-bond acceptors (Lipinski definition) is 2. The van der Waals surface area contributed by atoms with Crippen LogP contribution in [0.15, 0.2) is 24.3 Å². The average molecular weight is 234 g/mol. The van der Waals surface area contributed by atoms with Crippen molar-refractivity contribution in [3.63, 3.8) is 0 Å². The summed E-state index contributed by atoms with van der Waals surface area (Å²) in [4.78, 5) is 0. The summed E-state index contributed by atoms with van der Waals surface area (Å²) in [6, 6.07) is 8.50. The van der Waals surface area contributed by atoms with Gasteiger partial charge in [-0.25, -0.2) is 0 Å². The topological polar surface area (TPSA) is 38.0 Å². The van der Waals surface area contributed by atoms with Gasteiger partial charge in [0, 0.05) is 13.1 Å². The second-order valence-corrected chi connectivity index (χ2v) is 5.92. The molecule has 0 aromatic heterocycles. The van der Waals surface area contributed by atoms with Crippen LogP contribution in [0.3, 0.4) is 0 Å². The van der Waals surface area contributed by atoms with Crippen LogP contribution in [0.1, 0.15) is 38.8 Å². The molecular formula is C15H26N2. The molecule has 1 aromatic rings. The van der Waals surface area contributed by atoms with E-state index in [1.165, 1.54) is 11.1 Å². The molecule has 96 valence electrons. The van der Waals surface area contributed by atoms with Gasteiger partial charge in [-0.05, 0) is 29.0 Å². The van der Waals surface area contributed by atoms with E-state index in [1.807, 2.05) is 0 Å². The van der Waals surface area contributed by atoms with Gasteiger partial charge in [0.25, 0.3) is 0 Å². The molecule has 0 spiro atoms. The third-order valence-electron chi connectivity index (χ3n) is 3.52. The van der Waals surface area contributed by atoms with Crippen LogP contribution >= 0.6 is 0 Å². The molecule has 1 atom stereocenters. The summed E-state index contributed by atoms with van der Waals surface area (Å²) in [5.41, 5.74) is 8.46. The summed E-state index contributed by atoms with van der Waals surface area (Å²) in [6.45, 7) is 11.8. The van der Waals surface area contributed by atoms with Gasteiger partial charge >= 0.3 is 0 Å². The second-order valence-electron chi connectivity index (χ2n) is 5.92. The minimum Gasteiger partial charge on any atom is -0.326 e. The molecule has 2 heteroatoms. The third kappa shape index (κ3) is 4.88. The Kier molecular flexibility index (Phi) is 5.16. The molecule has 0 radical (unpaired) electrons. The van der Waals surface area contributed by atoms with E-state index in [-0.39, 0.29) is 0 Å². The first kappa shape index (κ1) is 14.2. The molecule has 17 heavy (non-hydrogen) atoms. The summed E-state index contributed by atoms with van der Waals surface area (Å²) in [7, 11) is 0. The number of nitrogens with one attached hydrogen (secondary N) is 1. The van der Waals surface area contributed by atoms with Crippen molar-refractivity contribution in [3.8, 4) is 0 Å². The Morgan fingerprint density at radius 3 is 2.12 bits per heavy atom. The molecule has 1 rings (SSSR count). The Hall–Kier alpha value is -0.860. The third-order valence-corrected chi connectivity index (χ3v) is 3.52. The van der Waals surface area contributed by atoms with Crippen molar-refractivity contribution in [3.05, 3.63) is 35.4 Å². The van der Waals surface area contributed by atoms with Crippen molar-refractivity contribution < 1.29 is 0 Å². The lowest BCUT2D eigenvalue weighted by atomic mass is 9.82. The maximum atomic E-state index is 5.57. The fraction of sp³-hybridized carbons (Fsp3) is 0.600. The van der Waals surface area contributed by atoms with Crippen LogP contribution in [-0.4, -0.2) is 6.54 Å². The number of hydrogen-bond donors (Lipinski definition) is 2. The van der Waals surface area contributed by atoms with Crippen molar-refractivity contribution >= 4 is 0 Å². The first-order valence-electron chi connectivity index (χ1n) is 6.42. The predicted octanol–water partition coefficient (Wildman–Crippen LogP) is 2.92. The van der Waals surface area contributed by atoms with Gasteiger partial charge in [0.15, 0.2) is 0 Å². The Balaban J connectivity index is 2.35. The van der Waals surface area contributed by atoms with Gasteiger partial charge in [-0.1, -0.05) is 52.0 Å². The smallest absolute Gasteiger partial charge is 0.0205 e. The van der Waals surface area contributed by atoms with Crippen LogP contribution in [0.4, 0.5) is 0 Å². The average Bonchev–Trinajstić information content (AvgIpc) is 2.28. The van der Waals surface area contributed by atoms with E-state index >= 15 is 0 Å². The quantitative estimate of drug-likeness (QED) is 0.822. The molecule has 0 bridgehead atoms. The Morgan fingerprint density at radius 2 is 1.65 bits per heavy atom. The Bertz CT molecular complexity index is 322. The van der Waals surface area contributed by atoms with E-state index in [4.69, 9.17) is 5.73 Å². The van der Waals surface area contributed by atoms with Gasteiger partial charge in [0.1, 0.15) is 0 Å². The van der Waals surface area contributed by atoms with E-state index in [2.05, 4.69) is 57.3 Å². The molecule has 1 aromatic carbocycles. The fourth-order valence-corrected chi connectivity index (χ4v) is 1.53. The highest BCUT2D eigenvalue weighted by atomic mass is 14.9. The largest absolute Gasteiger partial charge is 0.326 e.